The van der Waals surface area contributed by atoms with Gasteiger partial charge in [0, 0.05) is 21.6 Å². The van der Waals surface area contributed by atoms with Gasteiger partial charge in [-0.2, -0.15) is 0 Å². The predicted molar refractivity (Wildman–Crippen MR) is 106 cm³/mol. The Kier molecular flexibility index (Phi) is 4.07. The zero-order valence-corrected chi connectivity index (χ0v) is 16.4. The Morgan fingerprint density at radius 2 is 1.88 bits per heavy atom. The highest BCUT2D eigenvalue weighted by atomic mass is 79.9. The number of fused-ring (bicyclic) bond motifs is 3. The number of anilines is 1. The summed E-state index contributed by atoms with van der Waals surface area (Å²) < 4.78 is 1.17. The first-order valence-corrected chi connectivity index (χ1v) is 9.59. The molecule has 25 heavy (non-hydrogen) atoms. The number of halogens is 1. The third-order valence-electron chi connectivity index (χ3n) is 5.72. The molecule has 2 aromatic carbocycles. The van der Waals surface area contributed by atoms with Crippen LogP contribution in [-0.2, 0) is 0 Å². The molecule has 0 saturated heterocycles. The molecule has 4 rings (SSSR count). The maximum Gasteiger partial charge on any atom is 0.159 e. The lowest BCUT2D eigenvalue weighted by molar-refractivity contribution is 0.101. The lowest BCUT2D eigenvalue weighted by atomic mass is 9.76. The van der Waals surface area contributed by atoms with Crippen molar-refractivity contribution in [2.45, 2.75) is 39.2 Å². The predicted octanol–water partition coefficient (Wildman–Crippen LogP) is 6.10. The molecular weight excluding hydrogens is 374 g/mol. The number of carbonyl (C=O) groups excluding carboxylic acids is 1. The van der Waals surface area contributed by atoms with E-state index >= 15 is 0 Å². The van der Waals surface area contributed by atoms with Crippen molar-refractivity contribution in [1.29, 1.82) is 0 Å². The minimum Gasteiger partial charge on any atom is -0.378 e. The Bertz CT molecular complexity index is 899. The molecule has 0 amide bonds. The maximum atomic E-state index is 11.8. The molecule has 2 aliphatic rings. The molecule has 1 aliphatic carbocycles. The summed E-state index contributed by atoms with van der Waals surface area (Å²) in [6.07, 6.45) is 5.66. The summed E-state index contributed by atoms with van der Waals surface area (Å²) >= 11 is 3.78. The third-order valence-corrected chi connectivity index (χ3v) is 6.40. The standard InChI is InChI=1S/C22H22BrNO/c1-12-9-19(20(23)10-13(12)2)22-17-6-4-5-16(17)18-11-15(14(3)25)7-8-21(18)24-22/h4-5,7-11,16-17,22,24H,6H2,1-3H3/t16-,17+,22?/m1/s1. The normalized spacial score (nSPS) is 23.8. The van der Waals surface area contributed by atoms with Gasteiger partial charge in [-0.25, -0.2) is 0 Å². The molecule has 1 unspecified atom stereocenters. The molecule has 2 nitrogen and oxygen atoms in total. The smallest absolute Gasteiger partial charge is 0.159 e. The Hall–Kier alpha value is -1.87. The first-order chi connectivity index (χ1) is 12.0. The number of benzene rings is 2. The summed E-state index contributed by atoms with van der Waals surface area (Å²) in [5.41, 5.74) is 7.14. The van der Waals surface area contributed by atoms with Crippen LogP contribution >= 0.6 is 15.9 Å². The van der Waals surface area contributed by atoms with E-state index in [-0.39, 0.29) is 11.8 Å². The van der Waals surface area contributed by atoms with Crippen molar-refractivity contribution < 1.29 is 4.79 Å². The van der Waals surface area contributed by atoms with Gasteiger partial charge in [-0.3, -0.25) is 4.79 Å². The van der Waals surface area contributed by atoms with Gasteiger partial charge in [0.25, 0.3) is 0 Å². The van der Waals surface area contributed by atoms with Crippen LogP contribution in [0.5, 0.6) is 0 Å². The van der Waals surface area contributed by atoms with Gasteiger partial charge in [0.1, 0.15) is 0 Å². The molecule has 128 valence electrons. The number of nitrogens with one attached hydrogen (secondary N) is 1. The van der Waals surface area contributed by atoms with Crippen molar-refractivity contribution in [2.24, 2.45) is 5.92 Å². The third kappa shape index (κ3) is 2.75. The maximum absolute atomic E-state index is 11.8. The van der Waals surface area contributed by atoms with Crippen molar-refractivity contribution in [1.82, 2.24) is 0 Å². The van der Waals surface area contributed by atoms with E-state index in [2.05, 4.69) is 71.5 Å². The molecule has 1 heterocycles. The van der Waals surface area contributed by atoms with Crippen LogP contribution in [0.3, 0.4) is 0 Å². The number of ketones is 1. The van der Waals surface area contributed by atoms with E-state index in [1.54, 1.807) is 6.92 Å². The number of aryl methyl sites for hydroxylation is 2. The average Bonchev–Trinajstić information content (AvgIpc) is 3.07. The van der Waals surface area contributed by atoms with E-state index in [9.17, 15) is 4.79 Å². The molecule has 1 N–H and O–H groups in total. The molecule has 0 radical (unpaired) electrons. The molecular formula is C22H22BrNO. The number of hydrogen-bond acceptors (Lipinski definition) is 2. The first kappa shape index (κ1) is 16.6. The van der Waals surface area contributed by atoms with Crippen LogP contribution in [0.1, 0.15) is 57.9 Å². The topological polar surface area (TPSA) is 29.1 Å². The van der Waals surface area contributed by atoms with E-state index in [0.717, 1.165) is 17.7 Å². The fraction of sp³-hybridized carbons (Fsp3) is 0.318. The Labute approximate surface area is 157 Å². The molecule has 0 fully saturated rings. The molecule has 0 saturated carbocycles. The average molecular weight is 396 g/mol. The summed E-state index contributed by atoms with van der Waals surface area (Å²) in [6, 6.07) is 10.9. The van der Waals surface area contributed by atoms with Crippen LogP contribution in [0.25, 0.3) is 0 Å². The second kappa shape index (κ2) is 6.14. The van der Waals surface area contributed by atoms with Crippen LogP contribution in [0.4, 0.5) is 5.69 Å². The molecule has 0 aromatic heterocycles. The molecule has 3 atom stereocenters. The monoisotopic (exact) mass is 395 g/mol. The van der Waals surface area contributed by atoms with Crippen LogP contribution in [0.2, 0.25) is 0 Å². The molecule has 3 heteroatoms. The number of rotatable bonds is 2. The van der Waals surface area contributed by atoms with Crippen LogP contribution < -0.4 is 5.32 Å². The van der Waals surface area contributed by atoms with Crippen molar-refractivity contribution >= 4 is 27.4 Å². The van der Waals surface area contributed by atoms with Crippen molar-refractivity contribution in [2.75, 3.05) is 5.32 Å². The van der Waals surface area contributed by atoms with Gasteiger partial charge in [0.15, 0.2) is 5.78 Å². The largest absolute Gasteiger partial charge is 0.378 e. The summed E-state index contributed by atoms with van der Waals surface area (Å²) in [7, 11) is 0. The van der Waals surface area contributed by atoms with E-state index in [4.69, 9.17) is 0 Å². The summed E-state index contributed by atoms with van der Waals surface area (Å²) in [4.78, 5) is 11.8. The highest BCUT2D eigenvalue weighted by Crippen LogP contribution is 2.51. The van der Waals surface area contributed by atoms with Gasteiger partial charge in [-0.1, -0.05) is 34.1 Å². The number of carbonyl (C=O) groups is 1. The SMILES string of the molecule is CC(=O)c1ccc2c(c1)[C@@H]1C=CC[C@@H]1C(c1cc(C)c(C)cc1Br)N2. The van der Waals surface area contributed by atoms with Crippen molar-refractivity contribution in [3.05, 3.63) is 74.8 Å². The number of hydrogen-bond donors (Lipinski definition) is 1. The van der Waals surface area contributed by atoms with E-state index < -0.39 is 0 Å². The minimum atomic E-state index is 0.125. The van der Waals surface area contributed by atoms with Crippen LogP contribution in [-0.4, -0.2) is 5.78 Å². The second-order valence-corrected chi connectivity index (χ2v) is 8.15. The van der Waals surface area contributed by atoms with E-state index in [1.165, 1.54) is 26.7 Å². The number of allylic oxidation sites excluding steroid dienone is 2. The van der Waals surface area contributed by atoms with Crippen LogP contribution in [0.15, 0.2) is 47.0 Å². The minimum absolute atomic E-state index is 0.125. The highest BCUT2D eigenvalue weighted by molar-refractivity contribution is 9.10. The summed E-state index contributed by atoms with van der Waals surface area (Å²) in [6.45, 7) is 5.96. The lowest BCUT2D eigenvalue weighted by Crippen LogP contribution is -2.29. The fourth-order valence-corrected chi connectivity index (χ4v) is 4.87. The Morgan fingerprint density at radius 1 is 1.12 bits per heavy atom. The zero-order chi connectivity index (χ0) is 17.7. The Morgan fingerprint density at radius 3 is 2.64 bits per heavy atom. The molecule has 1 aliphatic heterocycles. The van der Waals surface area contributed by atoms with Crippen molar-refractivity contribution in [3.8, 4) is 0 Å². The van der Waals surface area contributed by atoms with E-state index in [1.807, 2.05) is 6.07 Å². The first-order valence-electron chi connectivity index (χ1n) is 8.80. The Balaban J connectivity index is 1.81. The van der Waals surface area contributed by atoms with Crippen molar-refractivity contribution in [3.63, 3.8) is 0 Å². The van der Waals surface area contributed by atoms with Crippen LogP contribution in [0, 0.1) is 19.8 Å². The van der Waals surface area contributed by atoms with Gasteiger partial charge >= 0.3 is 0 Å². The van der Waals surface area contributed by atoms with Gasteiger partial charge in [-0.15, -0.1) is 0 Å². The van der Waals surface area contributed by atoms with Gasteiger partial charge in [0.2, 0.25) is 0 Å². The van der Waals surface area contributed by atoms with Gasteiger partial charge in [0.05, 0.1) is 6.04 Å². The number of Topliss-reactive ketones (excluding diaryl/α,β-unsaturated/α-hetero) is 1. The van der Waals surface area contributed by atoms with Gasteiger partial charge < -0.3 is 5.32 Å². The highest BCUT2D eigenvalue weighted by Gasteiger charge is 2.38. The zero-order valence-electron chi connectivity index (χ0n) is 14.8. The summed E-state index contributed by atoms with van der Waals surface area (Å²) in [5, 5.41) is 3.76. The second-order valence-electron chi connectivity index (χ2n) is 7.29. The fourth-order valence-electron chi connectivity index (χ4n) is 4.16. The molecule has 0 spiro atoms. The van der Waals surface area contributed by atoms with Gasteiger partial charge in [-0.05, 0) is 79.6 Å². The molecule has 0 bridgehead atoms. The van der Waals surface area contributed by atoms with E-state index in [0.29, 0.717) is 11.8 Å². The molecule has 2 aromatic rings. The summed E-state index contributed by atoms with van der Waals surface area (Å²) in [5.74, 6) is 0.975. The quantitative estimate of drug-likeness (QED) is 0.491. The lowest BCUT2D eigenvalue weighted by Gasteiger charge is -2.38.